The lowest BCUT2D eigenvalue weighted by atomic mass is 10.2. The molecule has 1 fully saturated rings. The minimum absolute atomic E-state index is 0.107. The third-order valence-electron chi connectivity index (χ3n) is 3.15. The maximum absolute atomic E-state index is 11.6. The van der Waals surface area contributed by atoms with Gasteiger partial charge in [0.15, 0.2) is 0 Å². The van der Waals surface area contributed by atoms with Gasteiger partial charge in [0.2, 0.25) is 5.91 Å². The number of carbonyl (C=O) groups is 2. The van der Waals surface area contributed by atoms with Gasteiger partial charge in [-0.15, -0.1) is 0 Å². The van der Waals surface area contributed by atoms with Crippen LogP contribution < -0.4 is 0 Å². The number of esters is 1. The van der Waals surface area contributed by atoms with Crippen LogP contribution in [0.25, 0.3) is 0 Å². The fraction of sp³-hybridized carbons (Fsp3) is 0.833. The minimum Gasteiger partial charge on any atom is -0.465 e. The van der Waals surface area contributed by atoms with Crippen molar-refractivity contribution >= 4 is 11.9 Å². The Morgan fingerprint density at radius 3 is 2.53 bits per heavy atom. The van der Waals surface area contributed by atoms with Gasteiger partial charge in [0, 0.05) is 33.1 Å². The zero-order valence-electron chi connectivity index (χ0n) is 10.9. The van der Waals surface area contributed by atoms with Crippen molar-refractivity contribution in [3.8, 4) is 0 Å². The fourth-order valence-corrected chi connectivity index (χ4v) is 2.05. The van der Waals surface area contributed by atoms with E-state index in [0.29, 0.717) is 13.2 Å². The molecule has 1 saturated heterocycles. The monoisotopic (exact) mass is 242 g/mol. The number of rotatable bonds is 3. The highest BCUT2D eigenvalue weighted by atomic mass is 16.5. The van der Waals surface area contributed by atoms with Gasteiger partial charge in [-0.2, -0.15) is 0 Å². The van der Waals surface area contributed by atoms with Gasteiger partial charge in [-0.3, -0.25) is 14.5 Å². The summed E-state index contributed by atoms with van der Waals surface area (Å²) in [6.45, 7) is 8.72. The molecule has 1 unspecified atom stereocenters. The van der Waals surface area contributed by atoms with Gasteiger partial charge in [-0.1, -0.05) is 0 Å². The van der Waals surface area contributed by atoms with Crippen molar-refractivity contribution in [1.82, 2.24) is 9.80 Å². The molecule has 1 atom stereocenters. The van der Waals surface area contributed by atoms with Gasteiger partial charge in [0.1, 0.15) is 6.04 Å². The Kier molecular flexibility index (Phi) is 5.41. The summed E-state index contributed by atoms with van der Waals surface area (Å²) in [5, 5.41) is 0. The number of ether oxygens (including phenoxy) is 1. The van der Waals surface area contributed by atoms with Crippen molar-refractivity contribution in [2.75, 3.05) is 32.8 Å². The lowest BCUT2D eigenvalue weighted by molar-refractivity contribution is -0.148. The van der Waals surface area contributed by atoms with Crippen LogP contribution in [0.5, 0.6) is 0 Å². The minimum atomic E-state index is -0.221. The summed E-state index contributed by atoms with van der Waals surface area (Å²) in [5.74, 6) is -0.0700. The second kappa shape index (κ2) is 6.59. The summed E-state index contributed by atoms with van der Waals surface area (Å²) in [6.07, 6.45) is 0.906. The van der Waals surface area contributed by atoms with Crippen LogP contribution in [-0.4, -0.2) is 60.5 Å². The largest absolute Gasteiger partial charge is 0.465 e. The van der Waals surface area contributed by atoms with E-state index < -0.39 is 0 Å². The maximum atomic E-state index is 11.6. The van der Waals surface area contributed by atoms with Gasteiger partial charge in [0.05, 0.1) is 6.61 Å². The highest BCUT2D eigenvalue weighted by Gasteiger charge is 2.25. The summed E-state index contributed by atoms with van der Waals surface area (Å²) >= 11 is 0. The molecule has 5 heteroatoms. The third kappa shape index (κ3) is 4.00. The van der Waals surface area contributed by atoms with E-state index in [4.69, 9.17) is 4.74 Å². The third-order valence-corrected chi connectivity index (χ3v) is 3.15. The Morgan fingerprint density at radius 1 is 1.24 bits per heavy atom. The van der Waals surface area contributed by atoms with Crippen molar-refractivity contribution in [2.24, 2.45) is 0 Å². The first-order valence-corrected chi connectivity index (χ1v) is 6.22. The van der Waals surface area contributed by atoms with E-state index in [1.807, 2.05) is 18.7 Å². The zero-order valence-corrected chi connectivity index (χ0v) is 10.9. The second-order valence-electron chi connectivity index (χ2n) is 4.32. The fourth-order valence-electron chi connectivity index (χ4n) is 2.05. The van der Waals surface area contributed by atoms with Crippen LogP contribution in [0.1, 0.15) is 27.2 Å². The summed E-state index contributed by atoms with van der Waals surface area (Å²) in [5.41, 5.74) is 0. The first-order chi connectivity index (χ1) is 8.06. The van der Waals surface area contributed by atoms with E-state index in [-0.39, 0.29) is 17.9 Å². The Bertz CT molecular complexity index is 281. The van der Waals surface area contributed by atoms with E-state index in [1.54, 1.807) is 6.92 Å². The van der Waals surface area contributed by atoms with E-state index in [2.05, 4.69) is 4.90 Å². The molecule has 5 nitrogen and oxygen atoms in total. The Labute approximate surface area is 103 Å². The van der Waals surface area contributed by atoms with Gasteiger partial charge in [-0.05, 0) is 20.3 Å². The first-order valence-electron chi connectivity index (χ1n) is 6.22. The summed E-state index contributed by atoms with van der Waals surface area (Å²) < 4.78 is 5.01. The van der Waals surface area contributed by atoms with Gasteiger partial charge >= 0.3 is 5.97 Å². The molecule has 1 aliphatic rings. The number of hydrogen-bond donors (Lipinski definition) is 0. The van der Waals surface area contributed by atoms with Crippen LogP contribution in [0.4, 0.5) is 0 Å². The normalized spacial score (nSPS) is 19.6. The van der Waals surface area contributed by atoms with E-state index >= 15 is 0 Å². The first kappa shape index (κ1) is 14.0. The average molecular weight is 242 g/mol. The second-order valence-corrected chi connectivity index (χ2v) is 4.32. The molecule has 1 aliphatic heterocycles. The number of nitrogens with zero attached hydrogens (tertiary/aromatic N) is 2. The molecule has 98 valence electrons. The number of amides is 1. The lowest BCUT2D eigenvalue weighted by Crippen LogP contribution is -2.42. The highest BCUT2D eigenvalue weighted by molar-refractivity contribution is 5.75. The van der Waals surface area contributed by atoms with Crippen LogP contribution in [0.15, 0.2) is 0 Å². The zero-order chi connectivity index (χ0) is 12.8. The number of carbonyl (C=O) groups excluding carboxylic acids is 2. The summed E-state index contributed by atoms with van der Waals surface area (Å²) in [7, 11) is 0. The lowest BCUT2D eigenvalue weighted by Gasteiger charge is -2.25. The van der Waals surface area contributed by atoms with E-state index in [9.17, 15) is 9.59 Å². The quantitative estimate of drug-likeness (QED) is 0.676. The van der Waals surface area contributed by atoms with Gasteiger partial charge in [0.25, 0.3) is 0 Å². The molecule has 0 spiro atoms. The Balaban J connectivity index is 2.50. The molecule has 0 aromatic heterocycles. The molecule has 0 bridgehead atoms. The van der Waals surface area contributed by atoms with Crippen LogP contribution in [0.2, 0.25) is 0 Å². The molecular formula is C12H22N2O3. The van der Waals surface area contributed by atoms with E-state index in [1.165, 1.54) is 0 Å². The number of hydrogen-bond acceptors (Lipinski definition) is 4. The molecule has 0 aromatic rings. The summed E-state index contributed by atoms with van der Waals surface area (Å²) in [4.78, 5) is 26.8. The molecule has 1 heterocycles. The predicted octanol–water partition coefficient (Wildman–Crippen LogP) is 0.492. The van der Waals surface area contributed by atoms with Crippen LogP contribution in [0.3, 0.4) is 0 Å². The average Bonchev–Trinajstić information content (AvgIpc) is 2.53. The molecule has 0 N–H and O–H groups in total. The SMILES string of the molecule is CCOC(=O)C(C)N1CCCN(C(C)=O)CC1. The van der Waals surface area contributed by atoms with Crippen molar-refractivity contribution in [3.05, 3.63) is 0 Å². The Hall–Kier alpha value is -1.10. The molecule has 0 radical (unpaired) electrons. The van der Waals surface area contributed by atoms with Crippen molar-refractivity contribution in [1.29, 1.82) is 0 Å². The van der Waals surface area contributed by atoms with Crippen LogP contribution in [-0.2, 0) is 14.3 Å². The van der Waals surface area contributed by atoms with Gasteiger partial charge < -0.3 is 9.64 Å². The molecule has 1 rings (SSSR count). The molecule has 1 amide bonds. The van der Waals surface area contributed by atoms with Crippen LogP contribution >= 0.6 is 0 Å². The topological polar surface area (TPSA) is 49.9 Å². The van der Waals surface area contributed by atoms with Gasteiger partial charge in [-0.25, -0.2) is 0 Å². The van der Waals surface area contributed by atoms with Crippen molar-refractivity contribution < 1.29 is 14.3 Å². The molecule has 17 heavy (non-hydrogen) atoms. The smallest absolute Gasteiger partial charge is 0.323 e. The Morgan fingerprint density at radius 2 is 1.94 bits per heavy atom. The van der Waals surface area contributed by atoms with Crippen molar-refractivity contribution in [3.63, 3.8) is 0 Å². The highest BCUT2D eigenvalue weighted by Crippen LogP contribution is 2.08. The molecule has 0 aliphatic carbocycles. The molecular weight excluding hydrogens is 220 g/mol. The maximum Gasteiger partial charge on any atom is 0.323 e. The molecule has 0 saturated carbocycles. The standard InChI is InChI=1S/C12H22N2O3/c1-4-17-12(16)10(2)13-6-5-7-14(9-8-13)11(3)15/h10H,4-9H2,1-3H3. The predicted molar refractivity (Wildman–Crippen MR) is 64.5 cm³/mol. The summed E-state index contributed by atoms with van der Waals surface area (Å²) in [6, 6.07) is -0.221. The molecule has 0 aromatic carbocycles. The van der Waals surface area contributed by atoms with Crippen molar-refractivity contribution in [2.45, 2.75) is 33.2 Å². The van der Waals surface area contributed by atoms with E-state index in [0.717, 1.165) is 26.1 Å². The van der Waals surface area contributed by atoms with Crippen LogP contribution in [0, 0.1) is 0 Å².